The molecule has 0 aromatic carbocycles. The van der Waals surface area contributed by atoms with Gasteiger partial charge in [-0.2, -0.15) is 0 Å². The topological polar surface area (TPSA) is 78.4 Å². The van der Waals surface area contributed by atoms with Crippen LogP contribution in [0.2, 0.25) is 0 Å². The van der Waals surface area contributed by atoms with E-state index in [0.717, 1.165) is 17.8 Å². The maximum atomic E-state index is 10.7. The van der Waals surface area contributed by atoms with E-state index in [1.165, 1.54) is 4.90 Å². The summed E-state index contributed by atoms with van der Waals surface area (Å²) in [4.78, 5) is 20.4. The van der Waals surface area contributed by atoms with Crippen LogP contribution in [0.1, 0.15) is 18.2 Å². The molecule has 1 aromatic heterocycles. The number of hydrogen-bond donors (Lipinski definition) is 2. The molecule has 6 heteroatoms. The number of fused-ring (bicyclic) bond motifs is 1. The van der Waals surface area contributed by atoms with Crippen molar-refractivity contribution in [3.05, 3.63) is 17.5 Å². The second-order valence-electron chi connectivity index (χ2n) is 3.33. The van der Waals surface area contributed by atoms with Crippen LogP contribution in [-0.2, 0) is 13.1 Å². The average molecular weight is 208 g/mol. The van der Waals surface area contributed by atoms with Gasteiger partial charge in [-0.3, -0.25) is 4.90 Å². The van der Waals surface area contributed by atoms with Crippen LogP contribution in [0.15, 0.2) is 6.20 Å². The van der Waals surface area contributed by atoms with E-state index in [2.05, 4.69) is 15.3 Å². The summed E-state index contributed by atoms with van der Waals surface area (Å²) in [5.74, 6) is 0.559. The van der Waals surface area contributed by atoms with E-state index in [1.807, 2.05) is 6.92 Å². The molecule has 0 unspecified atom stereocenters. The quantitative estimate of drug-likeness (QED) is 0.755. The number of rotatable bonds is 2. The van der Waals surface area contributed by atoms with Gasteiger partial charge in [-0.15, -0.1) is 0 Å². The highest BCUT2D eigenvalue weighted by atomic mass is 16.4. The molecule has 2 rings (SSSR count). The number of anilines is 1. The Balaban J connectivity index is 2.20. The Morgan fingerprint density at radius 3 is 3.13 bits per heavy atom. The Bertz CT molecular complexity index is 394. The van der Waals surface area contributed by atoms with Crippen molar-refractivity contribution in [3.63, 3.8) is 0 Å². The molecule has 80 valence electrons. The fraction of sp³-hybridized carbons (Fsp3) is 0.444. The molecule has 1 aliphatic heterocycles. The number of hydrogen-bond acceptors (Lipinski definition) is 4. The van der Waals surface area contributed by atoms with Crippen molar-refractivity contribution >= 4 is 12.0 Å². The van der Waals surface area contributed by atoms with Crippen LogP contribution in [0.3, 0.4) is 0 Å². The molecular weight excluding hydrogens is 196 g/mol. The van der Waals surface area contributed by atoms with Gasteiger partial charge in [0.2, 0.25) is 5.95 Å². The highest BCUT2D eigenvalue weighted by Gasteiger charge is 2.24. The van der Waals surface area contributed by atoms with Crippen LogP contribution in [0.25, 0.3) is 0 Å². The van der Waals surface area contributed by atoms with E-state index in [0.29, 0.717) is 19.0 Å². The number of carbonyl (C=O) groups is 1. The predicted molar refractivity (Wildman–Crippen MR) is 53.5 cm³/mol. The Labute approximate surface area is 87.0 Å². The van der Waals surface area contributed by atoms with Crippen molar-refractivity contribution in [2.45, 2.75) is 20.0 Å². The van der Waals surface area contributed by atoms with Gasteiger partial charge in [0.1, 0.15) is 0 Å². The van der Waals surface area contributed by atoms with Gasteiger partial charge in [0.25, 0.3) is 0 Å². The summed E-state index contributed by atoms with van der Waals surface area (Å²) in [5, 5.41) is 11.8. The lowest BCUT2D eigenvalue weighted by Crippen LogP contribution is -2.22. The number of nitrogens with zero attached hydrogens (tertiary/aromatic N) is 3. The zero-order valence-corrected chi connectivity index (χ0v) is 8.40. The average Bonchev–Trinajstić information content (AvgIpc) is 2.61. The molecule has 0 atom stereocenters. The standard InChI is InChI=1S/C9H12N4O2/c1-2-10-8-11-3-6-4-13(9(14)15)5-7(6)12-8/h3H,2,4-5H2,1H3,(H,14,15)(H,10,11,12). The predicted octanol–water partition coefficient (Wildman–Crippen LogP) is 0.902. The molecule has 0 saturated carbocycles. The minimum Gasteiger partial charge on any atom is -0.465 e. The van der Waals surface area contributed by atoms with Gasteiger partial charge in [0.15, 0.2) is 0 Å². The van der Waals surface area contributed by atoms with Gasteiger partial charge in [-0.25, -0.2) is 14.8 Å². The summed E-state index contributed by atoms with van der Waals surface area (Å²) in [6, 6.07) is 0. The molecule has 0 radical (unpaired) electrons. The maximum absolute atomic E-state index is 10.7. The van der Waals surface area contributed by atoms with Crippen molar-refractivity contribution in [2.75, 3.05) is 11.9 Å². The Morgan fingerprint density at radius 2 is 2.47 bits per heavy atom. The van der Waals surface area contributed by atoms with Gasteiger partial charge in [-0.05, 0) is 6.92 Å². The van der Waals surface area contributed by atoms with Crippen molar-refractivity contribution < 1.29 is 9.90 Å². The molecule has 0 fully saturated rings. The van der Waals surface area contributed by atoms with Crippen molar-refractivity contribution in [3.8, 4) is 0 Å². The second-order valence-corrected chi connectivity index (χ2v) is 3.33. The van der Waals surface area contributed by atoms with Gasteiger partial charge in [0.05, 0.1) is 18.8 Å². The highest BCUT2D eigenvalue weighted by molar-refractivity contribution is 5.66. The van der Waals surface area contributed by atoms with Crippen LogP contribution in [0, 0.1) is 0 Å². The van der Waals surface area contributed by atoms with Gasteiger partial charge < -0.3 is 10.4 Å². The minimum atomic E-state index is -0.919. The van der Waals surface area contributed by atoms with Crippen LogP contribution in [0.4, 0.5) is 10.7 Å². The molecule has 1 amide bonds. The zero-order valence-electron chi connectivity index (χ0n) is 8.40. The Hall–Kier alpha value is -1.85. The smallest absolute Gasteiger partial charge is 0.407 e. The molecular formula is C9H12N4O2. The normalized spacial score (nSPS) is 13.8. The number of aromatic nitrogens is 2. The first-order valence-electron chi connectivity index (χ1n) is 4.77. The molecule has 6 nitrogen and oxygen atoms in total. The fourth-order valence-corrected chi connectivity index (χ4v) is 1.53. The first-order chi connectivity index (χ1) is 7.20. The third-order valence-corrected chi connectivity index (χ3v) is 2.26. The van der Waals surface area contributed by atoms with Gasteiger partial charge in [-0.1, -0.05) is 0 Å². The van der Waals surface area contributed by atoms with Crippen LogP contribution in [-0.4, -0.2) is 32.6 Å². The lowest BCUT2D eigenvalue weighted by molar-refractivity contribution is 0.145. The Kier molecular flexibility index (Phi) is 2.40. The van der Waals surface area contributed by atoms with Crippen molar-refractivity contribution in [1.29, 1.82) is 0 Å². The summed E-state index contributed by atoms with van der Waals surface area (Å²) in [7, 11) is 0. The van der Waals surface area contributed by atoms with E-state index >= 15 is 0 Å². The van der Waals surface area contributed by atoms with E-state index in [-0.39, 0.29) is 0 Å². The van der Waals surface area contributed by atoms with Gasteiger partial charge in [0, 0.05) is 18.3 Å². The molecule has 2 N–H and O–H groups in total. The lowest BCUT2D eigenvalue weighted by atomic mass is 10.3. The third kappa shape index (κ3) is 1.83. The van der Waals surface area contributed by atoms with Crippen LogP contribution in [0.5, 0.6) is 0 Å². The summed E-state index contributed by atoms with van der Waals surface area (Å²) in [6.45, 7) is 3.45. The van der Waals surface area contributed by atoms with E-state index in [9.17, 15) is 4.79 Å². The first kappa shape index (κ1) is 9.70. The summed E-state index contributed by atoms with van der Waals surface area (Å²) >= 11 is 0. The van der Waals surface area contributed by atoms with E-state index in [4.69, 9.17) is 5.11 Å². The number of amides is 1. The van der Waals surface area contributed by atoms with E-state index in [1.54, 1.807) is 6.20 Å². The zero-order chi connectivity index (χ0) is 10.8. The first-order valence-corrected chi connectivity index (χ1v) is 4.77. The largest absolute Gasteiger partial charge is 0.465 e. The molecule has 15 heavy (non-hydrogen) atoms. The molecule has 0 bridgehead atoms. The number of nitrogens with one attached hydrogen (secondary N) is 1. The molecule has 0 aliphatic carbocycles. The third-order valence-electron chi connectivity index (χ3n) is 2.26. The van der Waals surface area contributed by atoms with E-state index < -0.39 is 6.09 Å². The molecule has 1 aliphatic rings. The molecule has 0 saturated heterocycles. The van der Waals surface area contributed by atoms with Crippen molar-refractivity contribution in [2.24, 2.45) is 0 Å². The van der Waals surface area contributed by atoms with Gasteiger partial charge >= 0.3 is 6.09 Å². The summed E-state index contributed by atoms with van der Waals surface area (Å²) in [6.07, 6.45) is 0.765. The number of carboxylic acid groups (broad SMARTS) is 1. The summed E-state index contributed by atoms with van der Waals surface area (Å²) < 4.78 is 0. The monoisotopic (exact) mass is 208 g/mol. The molecule has 1 aromatic rings. The fourth-order valence-electron chi connectivity index (χ4n) is 1.53. The summed E-state index contributed by atoms with van der Waals surface area (Å²) in [5.41, 5.74) is 1.68. The molecule has 2 heterocycles. The van der Waals surface area contributed by atoms with Crippen LogP contribution < -0.4 is 5.32 Å². The minimum absolute atomic E-state index is 0.353. The van der Waals surface area contributed by atoms with Crippen LogP contribution >= 0.6 is 0 Å². The van der Waals surface area contributed by atoms with Crippen molar-refractivity contribution in [1.82, 2.24) is 14.9 Å². The lowest BCUT2D eigenvalue weighted by Gasteiger charge is -2.07. The highest BCUT2D eigenvalue weighted by Crippen LogP contribution is 2.20. The molecule has 0 spiro atoms. The SMILES string of the molecule is CCNc1ncc2c(n1)CN(C(=O)O)C2. The maximum Gasteiger partial charge on any atom is 0.407 e. The second kappa shape index (κ2) is 3.72. The Morgan fingerprint density at radius 1 is 1.67 bits per heavy atom.